The summed E-state index contributed by atoms with van der Waals surface area (Å²) in [4.78, 5) is 13.1. The Hall–Kier alpha value is -1.36. The van der Waals surface area contributed by atoms with Crippen LogP contribution in [0.4, 0.5) is 0 Å². The number of sulfone groups is 1. The van der Waals surface area contributed by atoms with E-state index in [2.05, 4.69) is 0 Å². The van der Waals surface area contributed by atoms with Crippen molar-refractivity contribution in [3.8, 4) is 5.75 Å². The smallest absolute Gasteiger partial charge is 0.176 e. The fourth-order valence-corrected chi connectivity index (χ4v) is 6.20. The van der Waals surface area contributed by atoms with E-state index in [0.717, 1.165) is 37.0 Å². The maximum Gasteiger partial charge on any atom is 0.176 e. The lowest BCUT2D eigenvalue weighted by Crippen LogP contribution is -2.51. The molecule has 0 unspecified atom stereocenters. The van der Waals surface area contributed by atoms with E-state index in [1.165, 1.54) is 31.6 Å². The van der Waals surface area contributed by atoms with Crippen molar-refractivity contribution in [3.63, 3.8) is 0 Å². The number of ether oxygens (including phenoxy) is 1. The van der Waals surface area contributed by atoms with Gasteiger partial charge < -0.3 is 4.74 Å². The standard InChI is InChI=1S/C19H24O4S/c1-24(21,22)17-4-2-3-16(8-17)23-12-18(20)19-9-13-5-14(10-19)7-15(6-13)11-19/h2-4,8,13-15H,5-7,9-12H2,1H3. The summed E-state index contributed by atoms with van der Waals surface area (Å²) in [5.74, 6) is 2.86. The summed E-state index contributed by atoms with van der Waals surface area (Å²) in [6.45, 7) is 0.0549. The second-order valence-corrected chi connectivity index (χ2v) is 10.2. The average Bonchev–Trinajstić information content (AvgIpc) is 2.51. The Balaban J connectivity index is 1.46. The van der Waals surface area contributed by atoms with Crippen molar-refractivity contribution in [2.45, 2.75) is 43.4 Å². The number of hydrogen-bond acceptors (Lipinski definition) is 4. The largest absolute Gasteiger partial charge is 0.486 e. The predicted octanol–water partition coefficient (Wildman–Crippen LogP) is 3.25. The molecule has 0 radical (unpaired) electrons. The maximum absolute atomic E-state index is 12.9. The Morgan fingerprint density at radius 3 is 2.25 bits per heavy atom. The molecule has 0 aromatic heterocycles. The average molecular weight is 348 g/mol. The van der Waals surface area contributed by atoms with Gasteiger partial charge in [-0.05, 0) is 74.5 Å². The van der Waals surface area contributed by atoms with Gasteiger partial charge in [0, 0.05) is 11.7 Å². The molecular weight excluding hydrogens is 324 g/mol. The zero-order valence-corrected chi connectivity index (χ0v) is 14.8. The lowest BCUT2D eigenvalue weighted by atomic mass is 9.48. The second kappa shape index (κ2) is 5.58. The van der Waals surface area contributed by atoms with Crippen LogP contribution >= 0.6 is 0 Å². The number of ketones is 1. The summed E-state index contributed by atoms with van der Waals surface area (Å²) in [7, 11) is -3.27. The SMILES string of the molecule is CS(=O)(=O)c1cccc(OCC(=O)C23CC4CC(CC(C4)C2)C3)c1. The minimum atomic E-state index is -3.27. The molecule has 4 fully saturated rings. The summed E-state index contributed by atoms with van der Waals surface area (Å²) in [5.41, 5.74) is -0.163. The molecule has 5 rings (SSSR count). The maximum atomic E-state index is 12.9. The first-order valence-electron chi connectivity index (χ1n) is 8.80. The first-order chi connectivity index (χ1) is 11.3. The third-order valence-corrected chi connectivity index (χ3v) is 7.34. The zero-order chi connectivity index (χ0) is 16.9. The number of rotatable bonds is 5. The molecular formula is C19H24O4S. The van der Waals surface area contributed by atoms with Crippen LogP contribution in [0, 0.1) is 23.2 Å². The van der Waals surface area contributed by atoms with Crippen molar-refractivity contribution in [3.05, 3.63) is 24.3 Å². The first-order valence-corrected chi connectivity index (χ1v) is 10.7. The van der Waals surface area contributed by atoms with Crippen LogP contribution in [0.1, 0.15) is 38.5 Å². The van der Waals surface area contributed by atoms with Crippen LogP contribution in [0.25, 0.3) is 0 Å². The van der Waals surface area contributed by atoms with Crippen molar-refractivity contribution in [2.75, 3.05) is 12.9 Å². The minimum Gasteiger partial charge on any atom is -0.486 e. The Labute approximate surface area is 143 Å². The summed E-state index contributed by atoms with van der Waals surface area (Å²) < 4.78 is 28.9. The molecule has 0 spiro atoms. The molecule has 5 heteroatoms. The summed E-state index contributed by atoms with van der Waals surface area (Å²) in [6, 6.07) is 6.41. The Kier molecular flexibility index (Phi) is 3.75. The van der Waals surface area contributed by atoms with Crippen LogP contribution in [-0.2, 0) is 14.6 Å². The molecule has 1 aromatic carbocycles. The highest BCUT2D eigenvalue weighted by molar-refractivity contribution is 7.90. The molecule has 4 saturated carbocycles. The predicted molar refractivity (Wildman–Crippen MR) is 90.7 cm³/mol. The second-order valence-electron chi connectivity index (χ2n) is 8.16. The Morgan fingerprint density at radius 1 is 1.12 bits per heavy atom. The van der Waals surface area contributed by atoms with E-state index in [9.17, 15) is 13.2 Å². The molecule has 4 aliphatic rings. The van der Waals surface area contributed by atoms with Crippen molar-refractivity contribution in [2.24, 2.45) is 23.2 Å². The number of benzene rings is 1. The zero-order valence-electron chi connectivity index (χ0n) is 14.0. The van der Waals surface area contributed by atoms with E-state index in [0.29, 0.717) is 5.75 Å². The molecule has 0 amide bonds. The Morgan fingerprint density at radius 2 is 1.71 bits per heavy atom. The van der Waals surface area contributed by atoms with Gasteiger partial charge in [-0.15, -0.1) is 0 Å². The topological polar surface area (TPSA) is 60.4 Å². The van der Waals surface area contributed by atoms with Crippen molar-refractivity contribution in [1.29, 1.82) is 0 Å². The van der Waals surface area contributed by atoms with Gasteiger partial charge in [0.05, 0.1) is 4.90 Å². The molecule has 0 heterocycles. The normalized spacial score (nSPS) is 34.3. The molecule has 4 nitrogen and oxygen atoms in total. The van der Waals surface area contributed by atoms with Crippen LogP contribution in [0.2, 0.25) is 0 Å². The van der Waals surface area contributed by atoms with E-state index < -0.39 is 9.84 Å². The van der Waals surface area contributed by atoms with Gasteiger partial charge in [0.25, 0.3) is 0 Å². The van der Waals surface area contributed by atoms with Crippen LogP contribution in [0.15, 0.2) is 29.2 Å². The Bertz CT molecular complexity index is 730. The van der Waals surface area contributed by atoms with Crippen LogP contribution in [-0.4, -0.2) is 27.1 Å². The molecule has 0 saturated heterocycles. The third kappa shape index (κ3) is 2.87. The van der Waals surface area contributed by atoms with Crippen LogP contribution in [0.3, 0.4) is 0 Å². The van der Waals surface area contributed by atoms with Gasteiger partial charge in [0.1, 0.15) is 12.4 Å². The molecule has 0 aliphatic heterocycles. The van der Waals surface area contributed by atoms with Gasteiger partial charge >= 0.3 is 0 Å². The summed E-state index contributed by atoms with van der Waals surface area (Å²) in [5, 5.41) is 0. The van der Waals surface area contributed by atoms with Gasteiger partial charge in [-0.2, -0.15) is 0 Å². The van der Waals surface area contributed by atoms with E-state index in [4.69, 9.17) is 4.74 Å². The van der Waals surface area contributed by atoms with Gasteiger partial charge in [-0.1, -0.05) is 6.07 Å². The van der Waals surface area contributed by atoms with Crippen molar-refractivity contribution >= 4 is 15.6 Å². The number of carbonyl (C=O) groups is 1. The van der Waals surface area contributed by atoms with Gasteiger partial charge in [0.2, 0.25) is 0 Å². The van der Waals surface area contributed by atoms with Crippen LogP contribution < -0.4 is 4.74 Å². The number of hydrogen-bond donors (Lipinski definition) is 0. The first kappa shape index (κ1) is 16.1. The lowest BCUT2D eigenvalue weighted by molar-refractivity contribution is -0.145. The lowest BCUT2D eigenvalue weighted by Gasteiger charge is -2.55. The van der Waals surface area contributed by atoms with E-state index in [-0.39, 0.29) is 22.7 Å². The van der Waals surface area contributed by atoms with Gasteiger partial charge in [-0.3, -0.25) is 4.79 Å². The van der Waals surface area contributed by atoms with E-state index >= 15 is 0 Å². The van der Waals surface area contributed by atoms with E-state index in [1.807, 2.05) is 0 Å². The highest BCUT2D eigenvalue weighted by atomic mass is 32.2. The summed E-state index contributed by atoms with van der Waals surface area (Å²) >= 11 is 0. The van der Waals surface area contributed by atoms with E-state index in [1.54, 1.807) is 18.2 Å². The fraction of sp³-hybridized carbons (Fsp3) is 0.632. The molecule has 130 valence electrons. The summed E-state index contributed by atoms with van der Waals surface area (Å²) in [6.07, 6.45) is 8.20. The molecule has 24 heavy (non-hydrogen) atoms. The quantitative estimate of drug-likeness (QED) is 0.819. The van der Waals surface area contributed by atoms with Gasteiger partial charge in [-0.25, -0.2) is 8.42 Å². The minimum absolute atomic E-state index is 0.0549. The third-order valence-electron chi connectivity index (χ3n) is 6.23. The molecule has 1 aromatic rings. The molecule has 0 N–H and O–H groups in total. The highest BCUT2D eigenvalue weighted by Gasteiger charge is 2.54. The molecule has 4 aliphatic carbocycles. The fourth-order valence-electron chi connectivity index (χ4n) is 5.55. The monoisotopic (exact) mass is 348 g/mol. The molecule has 4 bridgehead atoms. The van der Waals surface area contributed by atoms with Gasteiger partial charge in [0.15, 0.2) is 15.6 Å². The number of Topliss-reactive ketones (excluding diaryl/α,β-unsaturated/α-hetero) is 1. The number of carbonyl (C=O) groups excluding carboxylic acids is 1. The highest BCUT2D eigenvalue weighted by Crippen LogP contribution is 2.60. The molecule has 0 atom stereocenters. The van der Waals surface area contributed by atoms with Crippen molar-refractivity contribution in [1.82, 2.24) is 0 Å². The van der Waals surface area contributed by atoms with Crippen LogP contribution in [0.5, 0.6) is 5.75 Å². The van der Waals surface area contributed by atoms with Crippen molar-refractivity contribution < 1.29 is 17.9 Å².